The number of nitrogens with one attached hydrogen (secondary N) is 3. The summed E-state index contributed by atoms with van der Waals surface area (Å²) >= 11 is 0. The predicted octanol–water partition coefficient (Wildman–Crippen LogP) is 3.38. The third kappa shape index (κ3) is 4.46. The molecule has 0 amide bonds. The highest BCUT2D eigenvalue weighted by atomic mass is 16.5. The summed E-state index contributed by atoms with van der Waals surface area (Å²) in [5, 5.41) is 8.69. The summed E-state index contributed by atoms with van der Waals surface area (Å²) in [5.41, 5.74) is 5.89. The van der Waals surface area contributed by atoms with Gasteiger partial charge in [-0.15, -0.1) is 0 Å². The summed E-state index contributed by atoms with van der Waals surface area (Å²) in [6.45, 7) is 2.75. The molecule has 1 saturated heterocycles. The molecule has 0 radical (unpaired) electrons. The van der Waals surface area contributed by atoms with Gasteiger partial charge in [0.15, 0.2) is 0 Å². The molecule has 4 aromatic rings. The fourth-order valence-electron chi connectivity index (χ4n) is 3.39. The lowest BCUT2D eigenvalue weighted by molar-refractivity contribution is 0.122. The Morgan fingerprint density at radius 2 is 1.71 bits per heavy atom. The minimum Gasteiger partial charge on any atom is -0.378 e. The third-order valence-electron chi connectivity index (χ3n) is 4.94. The number of morpholine rings is 1. The number of fused-ring (bicyclic) bond motifs is 1. The van der Waals surface area contributed by atoms with Crippen molar-refractivity contribution < 1.29 is 4.74 Å². The lowest BCUT2D eigenvalue weighted by atomic mass is 10.2. The Hall–Kier alpha value is -3.98. The Morgan fingerprint density at radius 3 is 2.58 bits per heavy atom. The summed E-state index contributed by atoms with van der Waals surface area (Å²) < 4.78 is 5.45. The summed E-state index contributed by atoms with van der Waals surface area (Å²) in [6, 6.07) is 17.9. The van der Waals surface area contributed by atoms with Crippen molar-refractivity contribution in [3.63, 3.8) is 0 Å². The van der Waals surface area contributed by atoms with Crippen molar-refractivity contribution in [3.8, 4) is 0 Å². The summed E-state index contributed by atoms with van der Waals surface area (Å²) in [4.78, 5) is 18.9. The van der Waals surface area contributed by atoms with Crippen LogP contribution in [0.2, 0.25) is 0 Å². The first kappa shape index (κ1) is 19.0. The molecule has 1 aliphatic rings. The molecule has 2 aromatic heterocycles. The van der Waals surface area contributed by atoms with Gasteiger partial charge in [-0.05, 0) is 18.2 Å². The molecule has 9 heteroatoms. The SMILES string of the molecule is C(=N/Nc1nc(Nc2ccccc2)nc(N2CCOCC2)n1)/c1c[nH]c2ccccc12. The maximum Gasteiger partial charge on any atom is 0.250 e. The largest absolute Gasteiger partial charge is 0.378 e. The van der Waals surface area contributed by atoms with Gasteiger partial charge < -0.3 is 19.9 Å². The number of nitrogens with zero attached hydrogens (tertiary/aromatic N) is 5. The van der Waals surface area contributed by atoms with Gasteiger partial charge in [-0.1, -0.05) is 36.4 Å². The molecule has 0 spiro atoms. The quantitative estimate of drug-likeness (QED) is 0.328. The summed E-state index contributed by atoms with van der Waals surface area (Å²) in [7, 11) is 0. The van der Waals surface area contributed by atoms with Crippen LogP contribution in [0, 0.1) is 0 Å². The minimum atomic E-state index is 0.367. The van der Waals surface area contributed by atoms with Crippen LogP contribution >= 0.6 is 0 Å². The van der Waals surface area contributed by atoms with E-state index in [2.05, 4.69) is 46.7 Å². The highest BCUT2D eigenvalue weighted by Crippen LogP contribution is 2.19. The Kier molecular flexibility index (Phi) is 5.40. The van der Waals surface area contributed by atoms with E-state index in [4.69, 9.17) is 4.74 Å². The van der Waals surface area contributed by atoms with Gasteiger partial charge in [-0.25, -0.2) is 5.43 Å². The molecule has 3 heterocycles. The first-order chi connectivity index (χ1) is 15.3. The molecule has 156 valence electrons. The monoisotopic (exact) mass is 414 g/mol. The maximum absolute atomic E-state index is 5.45. The van der Waals surface area contributed by atoms with Gasteiger partial charge in [0.2, 0.25) is 17.8 Å². The molecule has 0 unspecified atom stereocenters. The van der Waals surface area contributed by atoms with Crippen LogP contribution in [-0.4, -0.2) is 52.5 Å². The van der Waals surface area contributed by atoms with Crippen molar-refractivity contribution in [2.75, 3.05) is 41.9 Å². The van der Waals surface area contributed by atoms with Gasteiger partial charge in [0.25, 0.3) is 0 Å². The smallest absolute Gasteiger partial charge is 0.250 e. The number of hydrogen-bond acceptors (Lipinski definition) is 8. The van der Waals surface area contributed by atoms with Crippen LogP contribution in [0.15, 0.2) is 65.9 Å². The zero-order chi connectivity index (χ0) is 20.9. The van der Waals surface area contributed by atoms with Gasteiger partial charge >= 0.3 is 0 Å². The van der Waals surface area contributed by atoms with E-state index in [0.29, 0.717) is 31.1 Å². The molecule has 3 N–H and O–H groups in total. The fourth-order valence-corrected chi connectivity index (χ4v) is 3.39. The molecule has 5 rings (SSSR count). The number of hydrazone groups is 1. The molecular formula is C22H22N8O. The Balaban J connectivity index is 1.40. The van der Waals surface area contributed by atoms with Gasteiger partial charge in [0.1, 0.15) is 0 Å². The van der Waals surface area contributed by atoms with Gasteiger partial charge in [0.05, 0.1) is 19.4 Å². The second-order valence-corrected chi connectivity index (χ2v) is 7.03. The number of ether oxygens (including phenoxy) is 1. The Labute approximate surface area is 179 Å². The van der Waals surface area contributed by atoms with Crippen molar-refractivity contribution in [1.82, 2.24) is 19.9 Å². The van der Waals surface area contributed by atoms with E-state index >= 15 is 0 Å². The summed E-state index contributed by atoms with van der Waals surface area (Å²) in [6.07, 6.45) is 3.67. The average Bonchev–Trinajstić information content (AvgIpc) is 3.23. The first-order valence-electron chi connectivity index (χ1n) is 10.1. The van der Waals surface area contributed by atoms with E-state index < -0.39 is 0 Å². The number of para-hydroxylation sites is 2. The van der Waals surface area contributed by atoms with Crippen molar-refractivity contribution >= 4 is 40.6 Å². The number of anilines is 4. The van der Waals surface area contributed by atoms with Crippen LogP contribution in [0.5, 0.6) is 0 Å². The van der Waals surface area contributed by atoms with E-state index in [9.17, 15) is 0 Å². The second-order valence-electron chi connectivity index (χ2n) is 7.03. The lowest BCUT2D eigenvalue weighted by Gasteiger charge is -2.27. The topological polar surface area (TPSA) is 103 Å². The predicted molar refractivity (Wildman–Crippen MR) is 122 cm³/mol. The van der Waals surface area contributed by atoms with E-state index in [-0.39, 0.29) is 0 Å². The van der Waals surface area contributed by atoms with E-state index in [1.807, 2.05) is 54.7 Å². The fraction of sp³-hybridized carbons (Fsp3) is 0.182. The molecule has 0 saturated carbocycles. The number of aromatic nitrogens is 4. The molecule has 0 bridgehead atoms. The van der Waals surface area contributed by atoms with E-state index in [1.165, 1.54) is 0 Å². The van der Waals surface area contributed by atoms with Crippen molar-refractivity contribution in [3.05, 3.63) is 66.4 Å². The number of H-pyrrole nitrogens is 1. The molecule has 31 heavy (non-hydrogen) atoms. The molecule has 0 atom stereocenters. The molecular weight excluding hydrogens is 392 g/mol. The number of aromatic amines is 1. The maximum atomic E-state index is 5.45. The van der Waals surface area contributed by atoms with Crippen molar-refractivity contribution in [2.24, 2.45) is 5.10 Å². The highest BCUT2D eigenvalue weighted by Gasteiger charge is 2.16. The highest BCUT2D eigenvalue weighted by molar-refractivity contribution is 5.99. The second kappa shape index (κ2) is 8.80. The van der Waals surface area contributed by atoms with Gasteiger partial charge in [0, 0.05) is 41.4 Å². The van der Waals surface area contributed by atoms with Crippen LogP contribution in [0.1, 0.15) is 5.56 Å². The number of rotatable bonds is 6. The Morgan fingerprint density at radius 1 is 0.935 bits per heavy atom. The normalized spacial score (nSPS) is 14.3. The first-order valence-corrected chi connectivity index (χ1v) is 10.1. The Bertz CT molecular complexity index is 1180. The zero-order valence-corrected chi connectivity index (χ0v) is 16.8. The van der Waals surface area contributed by atoms with Crippen LogP contribution in [-0.2, 0) is 4.74 Å². The molecule has 0 aliphatic carbocycles. The standard InChI is InChI=1S/C22H22N8O/c1-2-6-17(7-3-1)25-20-26-21(28-22(27-20)30-10-12-31-13-11-30)29-24-15-16-14-23-19-9-5-4-8-18(16)19/h1-9,14-15,23H,10-13H2,(H2,25,26,27,28,29)/b24-15-. The van der Waals surface area contributed by atoms with Gasteiger partial charge in [-0.2, -0.15) is 20.1 Å². The third-order valence-corrected chi connectivity index (χ3v) is 4.94. The molecule has 1 fully saturated rings. The minimum absolute atomic E-state index is 0.367. The number of benzene rings is 2. The summed E-state index contributed by atoms with van der Waals surface area (Å²) in [5.74, 6) is 1.40. The van der Waals surface area contributed by atoms with Crippen LogP contribution in [0.3, 0.4) is 0 Å². The van der Waals surface area contributed by atoms with E-state index in [0.717, 1.165) is 35.2 Å². The van der Waals surface area contributed by atoms with Crippen LogP contribution < -0.4 is 15.6 Å². The molecule has 2 aromatic carbocycles. The molecule has 9 nitrogen and oxygen atoms in total. The van der Waals surface area contributed by atoms with Crippen LogP contribution in [0.4, 0.5) is 23.5 Å². The van der Waals surface area contributed by atoms with Gasteiger partial charge in [-0.3, -0.25) is 0 Å². The average molecular weight is 414 g/mol. The molecule has 1 aliphatic heterocycles. The van der Waals surface area contributed by atoms with Crippen molar-refractivity contribution in [1.29, 1.82) is 0 Å². The van der Waals surface area contributed by atoms with E-state index in [1.54, 1.807) is 6.21 Å². The van der Waals surface area contributed by atoms with Crippen molar-refractivity contribution in [2.45, 2.75) is 0 Å². The van der Waals surface area contributed by atoms with Crippen LogP contribution in [0.25, 0.3) is 10.9 Å². The zero-order valence-electron chi connectivity index (χ0n) is 16.8. The lowest BCUT2D eigenvalue weighted by Crippen LogP contribution is -2.37. The number of hydrogen-bond donors (Lipinski definition) is 3.